The molecule has 0 unspecified atom stereocenters. The van der Waals surface area contributed by atoms with E-state index in [9.17, 15) is 8.42 Å². The molecule has 1 aliphatic carbocycles. The fourth-order valence-corrected chi connectivity index (χ4v) is 6.53. The maximum atomic E-state index is 13.0. The molecule has 0 N–H and O–H groups in total. The van der Waals surface area contributed by atoms with Gasteiger partial charge in [0.05, 0.1) is 12.0 Å². The molecule has 0 radical (unpaired) electrons. The summed E-state index contributed by atoms with van der Waals surface area (Å²) in [5, 5.41) is 0. The molecule has 1 aromatic carbocycles. The van der Waals surface area contributed by atoms with Gasteiger partial charge in [-0.25, -0.2) is 8.42 Å². The van der Waals surface area contributed by atoms with Crippen LogP contribution in [0.15, 0.2) is 29.2 Å². The van der Waals surface area contributed by atoms with Gasteiger partial charge in [-0.2, -0.15) is 4.31 Å². The molecular weight excluding hydrogens is 348 g/mol. The van der Waals surface area contributed by atoms with Gasteiger partial charge < -0.3 is 4.74 Å². The lowest BCUT2D eigenvalue weighted by atomic mass is 9.81. The molecule has 0 bridgehead atoms. The third kappa shape index (κ3) is 3.51. The van der Waals surface area contributed by atoms with Crippen LogP contribution in [-0.4, -0.2) is 57.0 Å². The SMILES string of the molecule is COc1cccc(S(=O)(=O)N2CC[C@@H]3[C@H](CN3CC3CCCCC3)C2)c1. The number of ether oxygens (including phenoxy) is 1. The van der Waals surface area contributed by atoms with Crippen LogP contribution in [0.4, 0.5) is 0 Å². The van der Waals surface area contributed by atoms with Gasteiger partial charge in [-0.3, -0.25) is 4.90 Å². The van der Waals surface area contributed by atoms with Gasteiger partial charge in [-0.1, -0.05) is 25.3 Å². The molecule has 144 valence electrons. The fraction of sp³-hybridized carbons (Fsp3) is 0.700. The zero-order valence-electron chi connectivity index (χ0n) is 15.6. The molecule has 1 saturated carbocycles. The number of nitrogens with zero attached hydrogens (tertiary/aromatic N) is 2. The largest absolute Gasteiger partial charge is 0.497 e. The van der Waals surface area contributed by atoms with E-state index in [1.807, 2.05) is 0 Å². The normalized spacial score (nSPS) is 28.3. The van der Waals surface area contributed by atoms with Crippen molar-refractivity contribution >= 4 is 10.0 Å². The lowest BCUT2D eigenvalue weighted by molar-refractivity contribution is -0.0369. The first kappa shape index (κ1) is 18.3. The Morgan fingerprint density at radius 2 is 1.92 bits per heavy atom. The highest BCUT2D eigenvalue weighted by Gasteiger charge is 2.45. The number of hydrogen-bond donors (Lipinski definition) is 0. The van der Waals surface area contributed by atoms with Gasteiger partial charge in [-0.15, -0.1) is 0 Å². The summed E-state index contributed by atoms with van der Waals surface area (Å²) in [6, 6.07) is 7.40. The second-order valence-electron chi connectivity index (χ2n) is 8.12. The van der Waals surface area contributed by atoms with Crippen LogP contribution in [0.5, 0.6) is 5.75 Å². The molecule has 0 aromatic heterocycles. The van der Waals surface area contributed by atoms with Gasteiger partial charge in [0.25, 0.3) is 0 Å². The number of benzene rings is 1. The highest BCUT2D eigenvalue weighted by atomic mass is 32.2. The molecule has 2 heterocycles. The van der Waals surface area contributed by atoms with E-state index >= 15 is 0 Å². The Morgan fingerprint density at radius 3 is 2.65 bits per heavy atom. The van der Waals surface area contributed by atoms with Crippen LogP contribution in [0.3, 0.4) is 0 Å². The van der Waals surface area contributed by atoms with E-state index in [0.717, 1.165) is 18.9 Å². The van der Waals surface area contributed by atoms with E-state index in [4.69, 9.17) is 4.74 Å². The Hall–Kier alpha value is -1.11. The molecule has 6 heteroatoms. The number of fused-ring (bicyclic) bond motifs is 1. The van der Waals surface area contributed by atoms with Crippen molar-refractivity contribution in [2.75, 3.05) is 33.3 Å². The van der Waals surface area contributed by atoms with Gasteiger partial charge in [0.2, 0.25) is 10.0 Å². The molecule has 1 aromatic rings. The van der Waals surface area contributed by atoms with Crippen LogP contribution in [0.2, 0.25) is 0 Å². The van der Waals surface area contributed by atoms with Crippen molar-refractivity contribution < 1.29 is 13.2 Å². The number of rotatable bonds is 5. The zero-order valence-corrected chi connectivity index (χ0v) is 16.5. The minimum atomic E-state index is -3.43. The van der Waals surface area contributed by atoms with Crippen LogP contribution in [0.25, 0.3) is 0 Å². The second-order valence-corrected chi connectivity index (χ2v) is 10.1. The van der Waals surface area contributed by atoms with Crippen molar-refractivity contribution in [2.24, 2.45) is 11.8 Å². The lowest BCUT2D eigenvalue weighted by Gasteiger charge is -2.54. The molecule has 0 spiro atoms. The molecule has 2 atom stereocenters. The third-order valence-corrected chi connectivity index (χ3v) is 8.35. The summed E-state index contributed by atoms with van der Waals surface area (Å²) in [5.41, 5.74) is 0. The summed E-state index contributed by atoms with van der Waals surface area (Å²) in [5.74, 6) is 1.94. The molecule has 2 aliphatic heterocycles. The number of piperidine rings is 1. The maximum absolute atomic E-state index is 13.0. The number of methoxy groups -OCH3 is 1. The number of hydrogen-bond acceptors (Lipinski definition) is 4. The Morgan fingerprint density at radius 1 is 1.12 bits per heavy atom. The van der Waals surface area contributed by atoms with Crippen LogP contribution in [-0.2, 0) is 10.0 Å². The van der Waals surface area contributed by atoms with E-state index in [1.165, 1.54) is 38.6 Å². The number of likely N-dealkylation sites (tertiary alicyclic amines) is 1. The highest BCUT2D eigenvalue weighted by molar-refractivity contribution is 7.89. The van der Waals surface area contributed by atoms with Gasteiger partial charge in [0, 0.05) is 44.2 Å². The Kier molecular flexibility index (Phi) is 5.26. The average Bonchev–Trinajstić information content (AvgIpc) is 2.66. The number of sulfonamides is 1. The van der Waals surface area contributed by atoms with Crippen molar-refractivity contribution in [3.8, 4) is 5.75 Å². The first-order chi connectivity index (χ1) is 12.6. The van der Waals surface area contributed by atoms with Crippen LogP contribution < -0.4 is 4.74 Å². The van der Waals surface area contributed by atoms with Crippen LogP contribution >= 0.6 is 0 Å². The van der Waals surface area contributed by atoms with Crippen LogP contribution in [0, 0.1) is 11.8 Å². The lowest BCUT2D eigenvalue weighted by Crippen LogP contribution is -2.64. The van der Waals surface area contributed by atoms with Crippen molar-refractivity contribution in [3.63, 3.8) is 0 Å². The van der Waals surface area contributed by atoms with Gasteiger partial charge in [0.15, 0.2) is 0 Å². The van der Waals surface area contributed by atoms with E-state index < -0.39 is 10.0 Å². The van der Waals surface area contributed by atoms with Gasteiger partial charge in [-0.05, 0) is 37.3 Å². The summed E-state index contributed by atoms with van der Waals surface area (Å²) in [4.78, 5) is 2.96. The molecule has 3 aliphatic rings. The summed E-state index contributed by atoms with van der Waals surface area (Å²) in [6.07, 6.45) is 7.90. The Balaban J connectivity index is 1.37. The Bertz CT molecular complexity index is 730. The molecule has 0 amide bonds. The van der Waals surface area contributed by atoms with Gasteiger partial charge in [0.1, 0.15) is 5.75 Å². The third-order valence-electron chi connectivity index (χ3n) is 6.49. The molecule has 5 nitrogen and oxygen atoms in total. The zero-order chi connectivity index (χ0) is 18.1. The van der Waals surface area contributed by atoms with E-state index in [-0.39, 0.29) is 0 Å². The van der Waals surface area contributed by atoms with Crippen molar-refractivity contribution in [3.05, 3.63) is 24.3 Å². The molecule has 2 saturated heterocycles. The first-order valence-electron chi connectivity index (χ1n) is 9.96. The average molecular weight is 379 g/mol. The van der Waals surface area contributed by atoms with Crippen molar-refractivity contribution in [2.45, 2.75) is 49.5 Å². The van der Waals surface area contributed by atoms with Crippen LogP contribution in [0.1, 0.15) is 38.5 Å². The monoisotopic (exact) mass is 378 g/mol. The topological polar surface area (TPSA) is 49.9 Å². The predicted molar refractivity (Wildman–Crippen MR) is 102 cm³/mol. The molecule has 26 heavy (non-hydrogen) atoms. The fourth-order valence-electron chi connectivity index (χ4n) is 4.99. The standard InChI is InChI=1S/C20H30N2O3S/c1-25-18-8-5-9-19(12-18)26(23,24)22-11-10-20-17(15-22)14-21(20)13-16-6-3-2-4-7-16/h5,8-9,12,16-17,20H,2-4,6-7,10-11,13-15H2,1H3/t17-,20-/m1/s1. The van der Waals surface area contributed by atoms with Crippen molar-refractivity contribution in [1.82, 2.24) is 9.21 Å². The summed E-state index contributed by atoms with van der Waals surface area (Å²) < 4.78 is 32.8. The molecular formula is C20H30N2O3S. The maximum Gasteiger partial charge on any atom is 0.243 e. The quantitative estimate of drug-likeness (QED) is 0.790. The Labute approximate surface area is 157 Å². The second kappa shape index (κ2) is 7.49. The molecule has 4 rings (SSSR count). The summed E-state index contributed by atoms with van der Waals surface area (Å²) >= 11 is 0. The first-order valence-corrected chi connectivity index (χ1v) is 11.4. The summed E-state index contributed by atoms with van der Waals surface area (Å²) in [6.45, 7) is 3.57. The van der Waals surface area contributed by atoms with E-state index in [0.29, 0.717) is 35.7 Å². The minimum absolute atomic E-state index is 0.341. The summed E-state index contributed by atoms with van der Waals surface area (Å²) in [7, 11) is -1.86. The predicted octanol–water partition coefficient (Wildman–Crippen LogP) is 2.97. The highest BCUT2D eigenvalue weighted by Crippen LogP contribution is 2.37. The van der Waals surface area contributed by atoms with E-state index in [1.54, 1.807) is 35.7 Å². The molecule has 3 fully saturated rings. The smallest absolute Gasteiger partial charge is 0.243 e. The minimum Gasteiger partial charge on any atom is -0.497 e. The van der Waals surface area contributed by atoms with Gasteiger partial charge >= 0.3 is 0 Å². The van der Waals surface area contributed by atoms with E-state index in [2.05, 4.69) is 4.90 Å². The van der Waals surface area contributed by atoms with Crippen molar-refractivity contribution in [1.29, 1.82) is 0 Å².